The Kier molecular flexibility index (Phi) is 7.62. The van der Waals surface area contributed by atoms with Crippen LogP contribution in [0.25, 0.3) is 0 Å². The number of ether oxygens (including phenoxy) is 1. The molecule has 0 saturated carbocycles. The number of rotatable bonds is 7. The summed E-state index contributed by atoms with van der Waals surface area (Å²) in [5, 5.41) is 3.71. The number of benzene rings is 1. The van der Waals surface area contributed by atoms with Crippen molar-refractivity contribution in [2.45, 2.75) is 19.0 Å². The molecule has 1 aliphatic rings. The summed E-state index contributed by atoms with van der Waals surface area (Å²) in [6.45, 7) is 2.24. The van der Waals surface area contributed by atoms with Crippen molar-refractivity contribution in [3.8, 4) is 0 Å². The van der Waals surface area contributed by atoms with Gasteiger partial charge in [-0.15, -0.1) is 0 Å². The van der Waals surface area contributed by atoms with Crippen molar-refractivity contribution in [3.05, 3.63) is 34.6 Å². The SMILES string of the molecule is COCCN(Cc1ccc(F)cc1Cl)C(=O)CC1CSCCN1. The second-order valence-electron chi connectivity index (χ2n) is 5.47. The molecule has 1 saturated heterocycles. The quantitative estimate of drug-likeness (QED) is 0.811. The lowest BCUT2D eigenvalue weighted by molar-refractivity contribution is -0.132. The van der Waals surface area contributed by atoms with Crippen LogP contribution in [0, 0.1) is 5.82 Å². The smallest absolute Gasteiger partial charge is 0.224 e. The molecule has 7 heteroatoms. The van der Waals surface area contributed by atoms with E-state index in [-0.39, 0.29) is 17.8 Å². The molecule has 1 fully saturated rings. The average molecular weight is 361 g/mol. The first kappa shape index (κ1) is 18.5. The third-order valence-electron chi connectivity index (χ3n) is 3.71. The molecule has 0 radical (unpaired) electrons. The Morgan fingerprint density at radius 3 is 3.04 bits per heavy atom. The number of amides is 1. The highest BCUT2D eigenvalue weighted by Crippen LogP contribution is 2.20. The molecule has 0 spiro atoms. The van der Waals surface area contributed by atoms with Crippen LogP contribution in [-0.4, -0.2) is 55.2 Å². The lowest BCUT2D eigenvalue weighted by atomic mass is 10.1. The first-order valence-electron chi connectivity index (χ1n) is 7.62. The van der Waals surface area contributed by atoms with Crippen LogP contribution in [0.4, 0.5) is 4.39 Å². The summed E-state index contributed by atoms with van der Waals surface area (Å²) in [5.41, 5.74) is 0.739. The van der Waals surface area contributed by atoms with E-state index in [1.807, 2.05) is 11.8 Å². The summed E-state index contributed by atoms with van der Waals surface area (Å²) >= 11 is 7.94. The molecule has 1 amide bonds. The molecule has 23 heavy (non-hydrogen) atoms. The van der Waals surface area contributed by atoms with Gasteiger partial charge in [0.2, 0.25) is 5.91 Å². The molecule has 4 nitrogen and oxygen atoms in total. The van der Waals surface area contributed by atoms with E-state index in [4.69, 9.17) is 16.3 Å². The molecule has 1 aromatic carbocycles. The van der Waals surface area contributed by atoms with Gasteiger partial charge in [-0.2, -0.15) is 11.8 Å². The number of hydrogen-bond donors (Lipinski definition) is 1. The maximum Gasteiger partial charge on any atom is 0.224 e. The standard InChI is InChI=1S/C16H22ClFN2O2S/c1-22-6-5-20(10-12-2-3-13(18)8-15(12)17)16(21)9-14-11-23-7-4-19-14/h2-3,8,14,19H,4-7,9-11H2,1H3. The van der Waals surface area contributed by atoms with Gasteiger partial charge in [0.05, 0.1) is 6.61 Å². The Labute approximate surface area is 145 Å². The lowest BCUT2D eigenvalue weighted by Gasteiger charge is -2.27. The number of nitrogens with one attached hydrogen (secondary N) is 1. The number of carbonyl (C=O) groups is 1. The van der Waals surface area contributed by atoms with E-state index >= 15 is 0 Å². The van der Waals surface area contributed by atoms with Gasteiger partial charge < -0.3 is 15.0 Å². The number of thioether (sulfide) groups is 1. The van der Waals surface area contributed by atoms with E-state index in [2.05, 4.69) is 5.32 Å². The van der Waals surface area contributed by atoms with Crippen LogP contribution < -0.4 is 5.32 Å². The first-order chi connectivity index (χ1) is 11.1. The van der Waals surface area contributed by atoms with Gasteiger partial charge in [0.15, 0.2) is 0 Å². The molecule has 1 aromatic rings. The predicted octanol–water partition coefficient (Wildman–Crippen LogP) is 2.55. The average Bonchev–Trinajstić information content (AvgIpc) is 2.54. The van der Waals surface area contributed by atoms with Crippen molar-refractivity contribution in [1.29, 1.82) is 0 Å². The van der Waals surface area contributed by atoms with E-state index in [9.17, 15) is 9.18 Å². The van der Waals surface area contributed by atoms with Gasteiger partial charge in [0.1, 0.15) is 5.82 Å². The summed E-state index contributed by atoms with van der Waals surface area (Å²) in [6.07, 6.45) is 0.454. The van der Waals surface area contributed by atoms with Crippen LogP contribution in [0.2, 0.25) is 5.02 Å². The van der Waals surface area contributed by atoms with E-state index in [0.29, 0.717) is 31.1 Å². The zero-order valence-electron chi connectivity index (χ0n) is 13.2. The minimum absolute atomic E-state index is 0.0578. The minimum atomic E-state index is -0.378. The molecule has 1 unspecified atom stereocenters. The summed E-state index contributed by atoms with van der Waals surface area (Å²) in [6, 6.07) is 4.46. The summed E-state index contributed by atoms with van der Waals surface area (Å²) < 4.78 is 18.3. The third kappa shape index (κ3) is 5.95. The first-order valence-corrected chi connectivity index (χ1v) is 9.15. The topological polar surface area (TPSA) is 41.6 Å². The summed E-state index contributed by atoms with van der Waals surface area (Å²) in [7, 11) is 1.60. The largest absolute Gasteiger partial charge is 0.383 e. The van der Waals surface area contributed by atoms with Crippen LogP contribution in [0.15, 0.2) is 18.2 Å². The molecular weight excluding hydrogens is 339 g/mol. The Morgan fingerprint density at radius 2 is 2.39 bits per heavy atom. The number of halogens is 2. The molecule has 1 heterocycles. The van der Waals surface area contributed by atoms with Crippen LogP contribution >= 0.6 is 23.4 Å². The fourth-order valence-electron chi connectivity index (χ4n) is 2.44. The van der Waals surface area contributed by atoms with Crippen LogP contribution in [0.3, 0.4) is 0 Å². The molecular formula is C16H22ClFN2O2S. The van der Waals surface area contributed by atoms with Crippen LogP contribution in [0.1, 0.15) is 12.0 Å². The molecule has 2 rings (SSSR count). The molecule has 1 N–H and O–H groups in total. The Morgan fingerprint density at radius 1 is 1.57 bits per heavy atom. The Balaban J connectivity index is 2.01. The number of nitrogens with zero attached hydrogens (tertiary/aromatic N) is 1. The van der Waals surface area contributed by atoms with Crippen molar-refractivity contribution in [1.82, 2.24) is 10.2 Å². The zero-order valence-corrected chi connectivity index (χ0v) is 14.8. The van der Waals surface area contributed by atoms with Crippen molar-refractivity contribution in [3.63, 3.8) is 0 Å². The van der Waals surface area contributed by atoms with Gasteiger partial charge in [-0.1, -0.05) is 17.7 Å². The highest BCUT2D eigenvalue weighted by molar-refractivity contribution is 7.99. The second-order valence-corrected chi connectivity index (χ2v) is 7.03. The van der Waals surface area contributed by atoms with Crippen molar-refractivity contribution in [2.75, 3.05) is 38.3 Å². The third-order valence-corrected chi connectivity index (χ3v) is 5.20. The molecule has 0 aromatic heterocycles. The summed E-state index contributed by atoms with van der Waals surface area (Å²) in [5.74, 6) is 1.71. The molecule has 128 valence electrons. The monoisotopic (exact) mass is 360 g/mol. The predicted molar refractivity (Wildman–Crippen MR) is 92.4 cm³/mol. The van der Waals surface area contributed by atoms with Gasteiger partial charge >= 0.3 is 0 Å². The number of carbonyl (C=O) groups excluding carboxylic acids is 1. The maximum absolute atomic E-state index is 13.2. The van der Waals surface area contributed by atoms with E-state index in [1.54, 1.807) is 18.1 Å². The molecule has 1 atom stereocenters. The highest BCUT2D eigenvalue weighted by atomic mass is 35.5. The summed E-state index contributed by atoms with van der Waals surface area (Å²) in [4.78, 5) is 14.3. The highest BCUT2D eigenvalue weighted by Gasteiger charge is 2.21. The fourth-order valence-corrected chi connectivity index (χ4v) is 3.62. The molecule has 0 bridgehead atoms. The second kappa shape index (κ2) is 9.47. The maximum atomic E-state index is 13.2. The van der Waals surface area contributed by atoms with Crippen LogP contribution in [0.5, 0.6) is 0 Å². The lowest BCUT2D eigenvalue weighted by Crippen LogP contribution is -2.43. The van der Waals surface area contributed by atoms with Crippen LogP contribution in [-0.2, 0) is 16.1 Å². The van der Waals surface area contributed by atoms with Gasteiger partial charge in [0.25, 0.3) is 0 Å². The zero-order chi connectivity index (χ0) is 16.7. The van der Waals surface area contributed by atoms with Crippen molar-refractivity contribution < 1.29 is 13.9 Å². The Bertz CT molecular complexity index is 527. The van der Waals surface area contributed by atoms with E-state index in [1.165, 1.54) is 12.1 Å². The number of hydrogen-bond acceptors (Lipinski definition) is 4. The van der Waals surface area contributed by atoms with E-state index < -0.39 is 0 Å². The number of methoxy groups -OCH3 is 1. The normalized spacial score (nSPS) is 18.0. The molecule has 1 aliphatic heterocycles. The fraction of sp³-hybridized carbons (Fsp3) is 0.562. The van der Waals surface area contributed by atoms with E-state index in [0.717, 1.165) is 23.6 Å². The van der Waals surface area contributed by atoms with Gasteiger partial charge in [-0.3, -0.25) is 4.79 Å². The molecule has 0 aliphatic carbocycles. The van der Waals surface area contributed by atoms with Gasteiger partial charge in [-0.05, 0) is 17.7 Å². The van der Waals surface area contributed by atoms with Crippen molar-refractivity contribution >= 4 is 29.3 Å². The minimum Gasteiger partial charge on any atom is -0.383 e. The van der Waals surface area contributed by atoms with Crippen molar-refractivity contribution in [2.24, 2.45) is 0 Å². The van der Waals surface area contributed by atoms with Gasteiger partial charge in [-0.25, -0.2) is 4.39 Å². The van der Waals surface area contributed by atoms with Gasteiger partial charge in [0, 0.05) is 55.7 Å². The Hall–Kier alpha value is -0.820.